The van der Waals surface area contributed by atoms with E-state index in [9.17, 15) is 0 Å². The molecule has 1 aromatic rings. The quantitative estimate of drug-likeness (QED) is 0.922. The average Bonchev–Trinajstić information content (AvgIpc) is 2.39. The van der Waals surface area contributed by atoms with Crippen LogP contribution in [0.2, 0.25) is 0 Å². The van der Waals surface area contributed by atoms with Gasteiger partial charge in [-0.1, -0.05) is 28.1 Å². The molecule has 0 aromatic heterocycles. The minimum Gasteiger partial charge on any atom is -0.328 e. The van der Waals surface area contributed by atoms with Crippen LogP contribution >= 0.6 is 15.9 Å². The lowest BCUT2D eigenvalue weighted by Gasteiger charge is -2.37. The molecular formula is C15H23BrN2. The predicted octanol–water partition coefficient (Wildman–Crippen LogP) is 3.71. The molecule has 0 radical (unpaired) electrons. The molecule has 3 heteroatoms. The van der Waals surface area contributed by atoms with Gasteiger partial charge in [0.25, 0.3) is 0 Å². The lowest BCUT2D eigenvalue weighted by atomic mass is 9.90. The van der Waals surface area contributed by atoms with Crippen LogP contribution in [-0.4, -0.2) is 24.0 Å². The van der Waals surface area contributed by atoms with Crippen molar-refractivity contribution in [3.63, 3.8) is 0 Å². The highest BCUT2D eigenvalue weighted by Crippen LogP contribution is 2.28. The molecule has 18 heavy (non-hydrogen) atoms. The fraction of sp³-hybridized carbons (Fsp3) is 0.600. The maximum Gasteiger partial charge on any atom is 0.0319 e. The Hall–Kier alpha value is -0.380. The van der Waals surface area contributed by atoms with E-state index in [4.69, 9.17) is 5.73 Å². The van der Waals surface area contributed by atoms with Crippen LogP contribution in [0.5, 0.6) is 0 Å². The highest BCUT2D eigenvalue weighted by atomic mass is 79.9. The number of hydrogen-bond donors (Lipinski definition) is 1. The van der Waals surface area contributed by atoms with Crippen LogP contribution in [0, 0.1) is 0 Å². The van der Waals surface area contributed by atoms with Gasteiger partial charge in [-0.15, -0.1) is 0 Å². The second-order valence-electron chi connectivity index (χ2n) is 5.46. The molecule has 0 saturated heterocycles. The Morgan fingerprint density at radius 2 is 1.72 bits per heavy atom. The first-order valence-electron chi connectivity index (χ1n) is 6.81. The molecule has 2 N–H and O–H groups in total. The Kier molecular flexibility index (Phi) is 4.82. The smallest absolute Gasteiger partial charge is 0.0319 e. The second-order valence-corrected chi connectivity index (χ2v) is 6.38. The highest BCUT2D eigenvalue weighted by molar-refractivity contribution is 9.10. The molecule has 2 nitrogen and oxygen atoms in total. The zero-order valence-corrected chi connectivity index (χ0v) is 12.9. The summed E-state index contributed by atoms with van der Waals surface area (Å²) in [6.45, 7) is 2.29. The number of halogens is 1. The van der Waals surface area contributed by atoms with E-state index in [-0.39, 0.29) is 0 Å². The highest BCUT2D eigenvalue weighted by Gasteiger charge is 2.25. The third kappa shape index (κ3) is 3.34. The van der Waals surface area contributed by atoms with Crippen molar-refractivity contribution < 1.29 is 0 Å². The average molecular weight is 311 g/mol. The Bertz CT molecular complexity index is 369. The minimum atomic E-state index is 0.428. The normalized spacial score (nSPS) is 26.3. The molecule has 2 rings (SSSR count). The summed E-state index contributed by atoms with van der Waals surface area (Å²) < 4.78 is 1.14. The van der Waals surface area contributed by atoms with E-state index in [1.165, 1.54) is 31.2 Å². The van der Waals surface area contributed by atoms with Crippen LogP contribution in [0.1, 0.15) is 44.2 Å². The Morgan fingerprint density at radius 3 is 2.28 bits per heavy atom. The summed E-state index contributed by atoms with van der Waals surface area (Å²) in [5, 5.41) is 0. The largest absolute Gasteiger partial charge is 0.328 e. The monoisotopic (exact) mass is 310 g/mol. The molecule has 1 unspecified atom stereocenters. The van der Waals surface area contributed by atoms with Gasteiger partial charge in [0, 0.05) is 22.6 Å². The van der Waals surface area contributed by atoms with E-state index in [2.05, 4.69) is 59.1 Å². The third-order valence-corrected chi connectivity index (χ3v) is 4.81. The summed E-state index contributed by atoms with van der Waals surface area (Å²) in [6.07, 6.45) is 4.81. The second kappa shape index (κ2) is 6.18. The van der Waals surface area contributed by atoms with Gasteiger partial charge >= 0.3 is 0 Å². The molecule has 0 amide bonds. The van der Waals surface area contributed by atoms with Crippen molar-refractivity contribution in [2.24, 2.45) is 5.73 Å². The molecular weight excluding hydrogens is 288 g/mol. The molecule has 0 heterocycles. The van der Waals surface area contributed by atoms with Crippen molar-refractivity contribution in [3.05, 3.63) is 34.3 Å². The van der Waals surface area contributed by atoms with Gasteiger partial charge in [0.1, 0.15) is 0 Å². The SMILES string of the molecule is CC(c1ccc(Br)cc1)N(C)C1CCC(N)CC1. The molecule has 0 aliphatic heterocycles. The number of nitrogens with two attached hydrogens (primary N) is 1. The van der Waals surface area contributed by atoms with Gasteiger partial charge in [0.15, 0.2) is 0 Å². The van der Waals surface area contributed by atoms with Gasteiger partial charge in [-0.05, 0) is 57.4 Å². The third-order valence-electron chi connectivity index (χ3n) is 4.28. The van der Waals surface area contributed by atoms with E-state index < -0.39 is 0 Å². The minimum absolute atomic E-state index is 0.428. The first-order chi connectivity index (χ1) is 8.58. The van der Waals surface area contributed by atoms with Crippen LogP contribution in [0.25, 0.3) is 0 Å². The van der Waals surface area contributed by atoms with Crippen molar-refractivity contribution in [3.8, 4) is 0 Å². The van der Waals surface area contributed by atoms with Gasteiger partial charge in [0.05, 0.1) is 0 Å². The summed E-state index contributed by atoms with van der Waals surface area (Å²) in [5.74, 6) is 0. The molecule has 1 aliphatic carbocycles. The van der Waals surface area contributed by atoms with E-state index in [1.807, 2.05) is 0 Å². The molecule has 0 spiro atoms. The summed E-state index contributed by atoms with van der Waals surface area (Å²) in [7, 11) is 2.24. The number of hydrogen-bond acceptors (Lipinski definition) is 2. The number of rotatable bonds is 3. The first-order valence-corrected chi connectivity index (χ1v) is 7.60. The summed E-state index contributed by atoms with van der Waals surface area (Å²) in [5.41, 5.74) is 7.36. The number of benzene rings is 1. The van der Waals surface area contributed by atoms with Crippen LogP contribution in [0.4, 0.5) is 0 Å². The van der Waals surface area contributed by atoms with Crippen molar-refractivity contribution in [1.29, 1.82) is 0 Å². The van der Waals surface area contributed by atoms with Crippen LogP contribution in [0.15, 0.2) is 28.7 Å². The van der Waals surface area contributed by atoms with Crippen molar-refractivity contribution in [2.75, 3.05) is 7.05 Å². The molecule has 1 aliphatic rings. The Balaban J connectivity index is 1.99. The Morgan fingerprint density at radius 1 is 1.17 bits per heavy atom. The topological polar surface area (TPSA) is 29.3 Å². The van der Waals surface area contributed by atoms with Crippen molar-refractivity contribution in [2.45, 2.75) is 50.7 Å². The molecule has 1 atom stereocenters. The lowest BCUT2D eigenvalue weighted by molar-refractivity contribution is 0.140. The van der Waals surface area contributed by atoms with E-state index in [0.29, 0.717) is 18.1 Å². The molecule has 0 bridgehead atoms. The van der Waals surface area contributed by atoms with E-state index in [1.54, 1.807) is 0 Å². The van der Waals surface area contributed by atoms with Crippen molar-refractivity contribution in [1.82, 2.24) is 4.90 Å². The Labute approximate surface area is 119 Å². The zero-order valence-electron chi connectivity index (χ0n) is 11.3. The van der Waals surface area contributed by atoms with Crippen molar-refractivity contribution >= 4 is 15.9 Å². The van der Waals surface area contributed by atoms with Crippen LogP contribution in [-0.2, 0) is 0 Å². The van der Waals surface area contributed by atoms with E-state index in [0.717, 1.165) is 4.47 Å². The molecule has 100 valence electrons. The summed E-state index contributed by atoms with van der Waals surface area (Å²) >= 11 is 3.49. The van der Waals surface area contributed by atoms with Gasteiger partial charge < -0.3 is 5.73 Å². The van der Waals surface area contributed by atoms with Crippen LogP contribution in [0.3, 0.4) is 0 Å². The van der Waals surface area contributed by atoms with Gasteiger partial charge in [-0.3, -0.25) is 4.90 Å². The first kappa shape index (κ1) is 14.0. The maximum absolute atomic E-state index is 5.98. The lowest BCUT2D eigenvalue weighted by Crippen LogP contribution is -2.39. The maximum atomic E-state index is 5.98. The van der Waals surface area contributed by atoms with Crippen LogP contribution < -0.4 is 5.73 Å². The van der Waals surface area contributed by atoms with Gasteiger partial charge in [-0.2, -0.15) is 0 Å². The predicted molar refractivity (Wildman–Crippen MR) is 80.6 cm³/mol. The fourth-order valence-electron chi connectivity index (χ4n) is 2.80. The molecule has 1 saturated carbocycles. The van der Waals surface area contributed by atoms with E-state index >= 15 is 0 Å². The molecule has 1 fully saturated rings. The zero-order chi connectivity index (χ0) is 13.1. The standard InChI is InChI=1S/C15H23BrN2/c1-11(12-3-5-13(16)6-4-12)18(2)15-9-7-14(17)8-10-15/h3-6,11,14-15H,7-10,17H2,1-2H3. The molecule has 1 aromatic carbocycles. The van der Waals surface area contributed by atoms with Gasteiger partial charge in [0.2, 0.25) is 0 Å². The summed E-state index contributed by atoms with van der Waals surface area (Å²) in [6, 6.07) is 10.2. The fourth-order valence-corrected chi connectivity index (χ4v) is 3.07. The van der Waals surface area contributed by atoms with Gasteiger partial charge in [-0.25, -0.2) is 0 Å². The number of nitrogens with zero attached hydrogens (tertiary/aromatic N) is 1. The summed E-state index contributed by atoms with van der Waals surface area (Å²) in [4.78, 5) is 2.51.